The third-order valence-electron chi connectivity index (χ3n) is 2.44. The highest BCUT2D eigenvalue weighted by Gasteiger charge is 2.17. The van der Waals surface area contributed by atoms with Crippen molar-refractivity contribution in [2.45, 2.75) is 19.9 Å². The van der Waals surface area contributed by atoms with Gasteiger partial charge < -0.3 is 15.8 Å². The zero-order chi connectivity index (χ0) is 12.3. The molecule has 0 bridgehead atoms. The molecule has 1 aromatic rings. The van der Waals surface area contributed by atoms with Crippen molar-refractivity contribution in [1.29, 1.82) is 0 Å². The Morgan fingerprint density at radius 1 is 1.62 bits per heavy atom. The molecule has 1 amide bonds. The molecule has 1 unspecified atom stereocenters. The van der Waals surface area contributed by atoms with Crippen LogP contribution in [0.1, 0.15) is 11.4 Å². The van der Waals surface area contributed by atoms with Crippen molar-refractivity contribution in [2.75, 3.05) is 19.0 Å². The van der Waals surface area contributed by atoms with Crippen LogP contribution < -0.4 is 11.1 Å². The predicted molar refractivity (Wildman–Crippen MR) is 61.2 cm³/mol. The minimum absolute atomic E-state index is 0.199. The Balaban J connectivity index is 2.77. The number of nitrogens with zero attached hydrogens (tertiary/aromatic N) is 2. The largest absolute Gasteiger partial charge is 0.383 e. The maximum atomic E-state index is 11.7. The van der Waals surface area contributed by atoms with Crippen LogP contribution in [-0.2, 0) is 16.6 Å². The van der Waals surface area contributed by atoms with Gasteiger partial charge in [0.15, 0.2) is 0 Å². The smallest absolute Gasteiger partial charge is 0.243 e. The number of ether oxygens (including phenoxy) is 1. The molecule has 1 heterocycles. The molecule has 0 fully saturated rings. The van der Waals surface area contributed by atoms with Crippen LogP contribution in [0.2, 0.25) is 0 Å². The summed E-state index contributed by atoms with van der Waals surface area (Å²) in [5.74, 6) is -0.263. The van der Waals surface area contributed by atoms with Gasteiger partial charge in [0, 0.05) is 14.2 Å². The maximum absolute atomic E-state index is 11.7. The van der Waals surface area contributed by atoms with Gasteiger partial charge in [0.05, 0.1) is 23.7 Å². The van der Waals surface area contributed by atoms with E-state index < -0.39 is 6.04 Å². The fourth-order valence-electron chi connectivity index (χ4n) is 1.43. The van der Waals surface area contributed by atoms with Crippen molar-refractivity contribution in [3.8, 4) is 0 Å². The first-order chi connectivity index (χ1) is 7.47. The van der Waals surface area contributed by atoms with Crippen molar-refractivity contribution < 1.29 is 9.53 Å². The third-order valence-corrected chi connectivity index (χ3v) is 2.44. The van der Waals surface area contributed by atoms with E-state index in [1.807, 2.05) is 20.9 Å². The predicted octanol–water partition coefficient (Wildman–Crippen LogP) is -0.0509. The van der Waals surface area contributed by atoms with Gasteiger partial charge in [0.25, 0.3) is 0 Å². The molecule has 1 aromatic heterocycles. The van der Waals surface area contributed by atoms with Crippen LogP contribution in [0.4, 0.5) is 5.69 Å². The fraction of sp³-hybridized carbons (Fsp3) is 0.600. The molecule has 3 N–H and O–H groups in total. The summed E-state index contributed by atoms with van der Waals surface area (Å²) >= 11 is 0. The SMILES string of the molecule is COCC(N)C(=O)Nc1c(C)nn(C)c1C. The second-order valence-corrected chi connectivity index (χ2v) is 3.72. The first kappa shape index (κ1) is 12.7. The van der Waals surface area contributed by atoms with E-state index in [9.17, 15) is 4.79 Å². The zero-order valence-electron chi connectivity index (χ0n) is 10.1. The normalized spacial score (nSPS) is 12.6. The van der Waals surface area contributed by atoms with E-state index in [1.165, 1.54) is 7.11 Å². The summed E-state index contributed by atoms with van der Waals surface area (Å²) in [6.07, 6.45) is 0. The molecule has 0 saturated carbocycles. The average molecular weight is 226 g/mol. The van der Waals surface area contributed by atoms with Gasteiger partial charge in [-0.25, -0.2) is 0 Å². The number of amides is 1. The van der Waals surface area contributed by atoms with Gasteiger partial charge >= 0.3 is 0 Å². The molecule has 0 spiro atoms. The van der Waals surface area contributed by atoms with Crippen LogP contribution in [0.5, 0.6) is 0 Å². The van der Waals surface area contributed by atoms with Gasteiger partial charge in [-0.15, -0.1) is 0 Å². The Hall–Kier alpha value is -1.40. The van der Waals surface area contributed by atoms with Crippen molar-refractivity contribution in [2.24, 2.45) is 12.8 Å². The minimum atomic E-state index is -0.663. The van der Waals surface area contributed by atoms with Crippen molar-refractivity contribution >= 4 is 11.6 Å². The van der Waals surface area contributed by atoms with Gasteiger partial charge in [-0.3, -0.25) is 9.48 Å². The lowest BCUT2D eigenvalue weighted by atomic mass is 10.2. The van der Waals surface area contributed by atoms with Gasteiger partial charge in [-0.05, 0) is 13.8 Å². The second kappa shape index (κ2) is 5.09. The topological polar surface area (TPSA) is 82.2 Å². The molecule has 0 aliphatic rings. The van der Waals surface area contributed by atoms with Crippen molar-refractivity contribution in [1.82, 2.24) is 9.78 Å². The van der Waals surface area contributed by atoms with Crippen molar-refractivity contribution in [3.05, 3.63) is 11.4 Å². The Kier molecular flexibility index (Phi) is 4.03. The minimum Gasteiger partial charge on any atom is -0.383 e. The van der Waals surface area contributed by atoms with Gasteiger partial charge in [-0.2, -0.15) is 5.10 Å². The molecule has 6 nitrogen and oxygen atoms in total. The van der Waals surface area contributed by atoms with E-state index in [0.717, 1.165) is 17.1 Å². The number of rotatable bonds is 4. The Bertz CT molecular complexity index is 386. The third kappa shape index (κ3) is 2.59. The van der Waals surface area contributed by atoms with E-state index in [2.05, 4.69) is 10.4 Å². The van der Waals surface area contributed by atoms with E-state index in [4.69, 9.17) is 10.5 Å². The van der Waals surface area contributed by atoms with Crippen LogP contribution in [0.15, 0.2) is 0 Å². The van der Waals surface area contributed by atoms with Crippen LogP contribution in [0.25, 0.3) is 0 Å². The van der Waals surface area contributed by atoms with E-state index in [1.54, 1.807) is 4.68 Å². The molecule has 0 aromatic carbocycles. The Labute approximate surface area is 94.8 Å². The molecule has 16 heavy (non-hydrogen) atoms. The zero-order valence-corrected chi connectivity index (χ0v) is 10.1. The lowest BCUT2D eigenvalue weighted by Crippen LogP contribution is -2.39. The van der Waals surface area contributed by atoms with Crippen molar-refractivity contribution in [3.63, 3.8) is 0 Å². The molecule has 0 aliphatic heterocycles. The van der Waals surface area contributed by atoms with Gasteiger partial charge in [0.1, 0.15) is 6.04 Å². The molecule has 0 aliphatic carbocycles. The van der Waals surface area contributed by atoms with E-state index in [-0.39, 0.29) is 12.5 Å². The first-order valence-electron chi connectivity index (χ1n) is 5.03. The van der Waals surface area contributed by atoms with Crippen LogP contribution in [-0.4, -0.2) is 35.4 Å². The number of anilines is 1. The number of nitrogens with two attached hydrogens (primary N) is 1. The van der Waals surface area contributed by atoms with Gasteiger partial charge in [-0.1, -0.05) is 0 Å². The Morgan fingerprint density at radius 2 is 2.25 bits per heavy atom. The second-order valence-electron chi connectivity index (χ2n) is 3.72. The van der Waals surface area contributed by atoms with Crippen LogP contribution in [0.3, 0.4) is 0 Å². The number of methoxy groups -OCH3 is 1. The quantitative estimate of drug-likeness (QED) is 0.754. The lowest BCUT2D eigenvalue weighted by molar-refractivity contribution is -0.118. The molecule has 0 saturated heterocycles. The number of hydrogen-bond acceptors (Lipinski definition) is 4. The maximum Gasteiger partial charge on any atom is 0.243 e. The molecular weight excluding hydrogens is 208 g/mol. The summed E-state index contributed by atoms with van der Waals surface area (Å²) in [4.78, 5) is 11.7. The van der Waals surface area contributed by atoms with E-state index >= 15 is 0 Å². The summed E-state index contributed by atoms with van der Waals surface area (Å²) < 4.78 is 6.54. The number of aryl methyl sites for hydroxylation is 2. The standard InChI is InChI=1S/C10H18N4O2/c1-6-9(7(2)14(3)13-6)12-10(15)8(11)5-16-4/h8H,5,11H2,1-4H3,(H,12,15). The number of carbonyl (C=O) groups excluding carboxylic acids is 1. The number of carbonyl (C=O) groups is 1. The summed E-state index contributed by atoms with van der Waals surface area (Å²) in [6, 6.07) is -0.663. The average Bonchev–Trinajstić information content (AvgIpc) is 2.45. The van der Waals surface area contributed by atoms with Crippen LogP contribution in [0, 0.1) is 13.8 Å². The lowest BCUT2D eigenvalue weighted by Gasteiger charge is -2.11. The number of hydrogen-bond donors (Lipinski definition) is 2. The fourth-order valence-corrected chi connectivity index (χ4v) is 1.43. The van der Waals surface area contributed by atoms with Crippen LogP contribution >= 0.6 is 0 Å². The Morgan fingerprint density at radius 3 is 2.69 bits per heavy atom. The van der Waals surface area contributed by atoms with Gasteiger partial charge in [0.2, 0.25) is 5.91 Å². The highest BCUT2D eigenvalue weighted by atomic mass is 16.5. The highest BCUT2D eigenvalue weighted by Crippen LogP contribution is 2.18. The first-order valence-corrected chi connectivity index (χ1v) is 5.03. The summed E-state index contributed by atoms with van der Waals surface area (Å²) in [7, 11) is 3.33. The molecule has 1 rings (SSSR count). The molecule has 1 atom stereocenters. The molecule has 0 radical (unpaired) electrons. The monoisotopic (exact) mass is 226 g/mol. The number of aromatic nitrogens is 2. The number of nitrogens with one attached hydrogen (secondary N) is 1. The summed E-state index contributed by atoms with van der Waals surface area (Å²) in [5, 5.41) is 6.96. The highest BCUT2D eigenvalue weighted by molar-refractivity contribution is 5.95. The summed E-state index contributed by atoms with van der Waals surface area (Å²) in [6.45, 7) is 3.92. The summed E-state index contributed by atoms with van der Waals surface area (Å²) in [5.41, 5.74) is 8.01. The molecule has 90 valence electrons. The molecule has 6 heteroatoms. The van der Waals surface area contributed by atoms with E-state index in [0.29, 0.717) is 0 Å². The molecular formula is C10H18N4O2.